The summed E-state index contributed by atoms with van der Waals surface area (Å²) in [6.07, 6.45) is 1.90. The van der Waals surface area contributed by atoms with Crippen LogP contribution in [0.3, 0.4) is 0 Å². The molecular formula is C17H21NO2. The first kappa shape index (κ1) is 13.2. The average Bonchev–Trinajstić information content (AvgIpc) is 2.83. The summed E-state index contributed by atoms with van der Waals surface area (Å²) in [6, 6.07) is 10.3. The predicted molar refractivity (Wildman–Crippen MR) is 78.6 cm³/mol. The topological polar surface area (TPSA) is 29.5 Å². The van der Waals surface area contributed by atoms with Crippen LogP contribution in [0, 0.1) is 5.92 Å². The molecule has 0 aromatic heterocycles. The fraction of sp³-hybridized carbons (Fsp3) is 0.471. The summed E-state index contributed by atoms with van der Waals surface area (Å²) in [5.41, 5.74) is 1.74. The van der Waals surface area contributed by atoms with Gasteiger partial charge >= 0.3 is 5.97 Å². The van der Waals surface area contributed by atoms with E-state index in [0.29, 0.717) is 0 Å². The predicted octanol–water partition coefficient (Wildman–Crippen LogP) is 3.42. The normalized spacial score (nSPS) is 26.0. The van der Waals surface area contributed by atoms with Gasteiger partial charge in [0.05, 0.1) is 5.70 Å². The van der Waals surface area contributed by atoms with Gasteiger partial charge in [0.15, 0.2) is 0 Å². The van der Waals surface area contributed by atoms with E-state index in [-0.39, 0.29) is 11.9 Å². The highest BCUT2D eigenvalue weighted by Gasteiger charge is 2.50. The van der Waals surface area contributed by atoms with Crippen molar-refractivity contribution in [2.45, 2.75) is 39.2 Å². The Morgan fingerprint density at radius 2 is 1.95 bits per heavy atom. The Balaban J connectivity index is 2.18. The summed E-state index contributed by atoms with van der Waals surface area (Å²) in [5.74, 6) is 0.901. The number of allylic oxidation sites excluding steroid dienone is 1. The zero-order valence-electron chi connectivity index (χ0n) is 12.3. The lowest BCUT2D eigenvalue weighted by Gasteiger charge is -2.42. The van der Waals surface area contributed by atoms with Crippen molar-refractivity contribution in [2.24, 2.45) is 5.92 Å². The van der Waals surface area contributed by atoms with Crippen LogP contribution in [0.5, 0.6) is 0 Å². The third-order valence-corrected chi connectivity index (χ3v) is 4.36. The first-order valence-corrected chi connectivity index (χ1v) is 7.33. The molecule has 0 amide bonds. The van der Waals surface area contributed by atoms with E-state index in [9.17, 15) is 4.79 Å². The molecule has 1 atom stereocenters. The van der Waals surface area contributed by atoms with Gasteiger partial charge in [0.25, 0.3) is 0 Å². The molecule has 20 heavy (non-hydrogen) atoms. The number of rotatable bonds is 2. The maximum atomic E-state index is 12.4. The molecule has 1 saturated heterocycles. The second kappa shape index (κ2) is 4.65. The second-order valence-electron chi connectivity index (χ2n) is 6.15. The smallest absolute Gasteiger partial charge is 0.336 e. The molecule has 1 aromatic carbocycles. The average molecular weight is 271 g/mol. The minimum absolute atomic E-state index is 0.0987. The summed E-state index contributed by atoms with van der Waals surface area (Å²) in [5, 5.41) is 0. The van der Waals surface area contributed by atoms with Crippen molar-refractivity contribution in [1.82, 2.24) is 4.90 Å². The molecule has 1 aromatic rings. The van der Waals surface area contributed by atoms with Crippen LogP contribution in [-0.4, -0.2) is 23.0 Å². The molecular weight excluding hydrogens is 250 g/mol. The molecule has 0 aliphatic carbocycles. The Morgan fingerprint density at radius 3 is 2.60 bits per heavy atom. The zero-order chi connectivity index (χ0) is 14.3. The summed E-state index contributed by atoms with van der Waals surface area (Å²) >= 11 is 0. The number of hydrogen-bond acceptors (Lipinski definition) is 3. The molecule has 0 saturated carbocycles. The molecule has 3 heteroatoms. The second-order valence-corrected chi connectivity index (χ2v) is 6.15. The van der Waals surface area contributed by atoms with Gasteiger partial charge in [-0.2, -0.15) is 0 Å². The van der Waals surface area contributed by atoms with Crippen molar-refractivity contribution >= 4 is 11.7 Å². The van der Waals surface area contributed by atoms with Crippen LogP contribution in [0.15, 0.2) is 36.1 Å². The van der Waals surface area contributed by atoms with E-state index < -0.39 is 5.54 Å². The van der Waals surface area contributed by atoms with Gasteiger partial charge < -0.3 is 9.64 Å². The van der Waals surface area contributed by atoms with E-state index in [2.05, 4.69) is 30.9 Å². The van der Waals surface area contributed by atoms with E-state index in [1.54, 1.807) is 0 Å². The van der Waals surface area contributed by atoms with Gasteiger partial charge in [-0.25, -0.2) is 4.79 Å². The van der Waals surface area contributed by atoms with E-state index >= 15 is 0 Å². The molecule has 0 unspecified atom stereocenters. The number of fused-ring (bicyclic) bond motifs is 1. The largest absolute Gasteiger partial charge is 0.427 e. The standard InChI is InChI=1S/C17H21NO2/c1-12(2)15-14(13-8-5-4-6-9-13)18-11-7-10-17(18,3)16(19)20-15/h4-6,8-9,12H,7,10-11H2,1-3H3/t17-/m0/s1. The van der Waals surface area contributed by atoms with Crippen molar-refractivity contribution in [2.75, 3.05) is 6.54 Å². The summed E-state index contributed by atoms with van der Waals surface area (Å²) < 4.78 is 5.73. The number of carbonyl (C=O) groups is 1. The minimum Gasteiger partial charge on any atom is -0.427 e. The zero-order valence-corrected chi connectivity index (χ0v) is 12.3. The maximum Gasteiger partial charge on any atom is 0.336 e. The van der Waals surface area contributed by atoms with Crippen LogP contribution in [0.2, 0.25) is 0 Å². The molecule has 0 spiro atoms. The van der Waals surface area contributed by atoms with Crippen molar-refractivity contribution in [3.63, 3.8) is 0 Å². The third-order valence-electron chi connectivity index (χ3n) is 4.36. The quantitative estimate of drug-likeness (QED) is 0.772. The summed E-state index contributed by atoms with van der Waals surface area (Å²) in [4.78, 5) is 14.6. The highest BCUT2D eigenvalue weighted by atomic mass is 16.5. The van der Waals surface area contributed by atoms with Gasteiger partial charge in [0.1, 0.15) is 11.3 Å². The molecule has 3 nitrogen and oxygen atoms in total. The molecule has 2 heterocycles. The maximum absolute atomic E-state index is 12.4. The highest BCUT2D eigenvalue weighted by molar-refractivity contribution is 5.88. The SMILES string of the molecule is CC(C)C1=C(c2ccccc2)N2CCC[C@@]2(C)C(=O)O1. The molecule has 0 bridgehead atoms. The molecule has 106 valence electrons. The number of ether oxygens (including phenoxy) is 1. The van der Waals surface area contributed by atoms with Crippen LogP contribution in [0.4, 0.5) is 0 Å². The lowest BCUT2D eigenvalue weighted by molar-refractivity contribution is -0.152. The van der Waals surface area contributed by atoms with Gasteiger partial charge in [-0.1, -0.05) is 44.2 Å². The van der Waals surface area contributed by atoms with E-state index in [1.807, 2.05) is 25.1 Å². The highest BCUT2D eigenvalue weighted by Crippen LogP contribution is 2.44. The fourth-order valence-corrected chi connectivity index (χ4v) is 3.21. The number of hydrogen-bond donors (Lipinski definition) is 0. The van der Waals surface area contributed by atoms with E-state index in [0.717, 1.165) is 36.4 Å². The van der Waals surface area contributed by atoms with Crippen LogP contribution >= 0.6 is 0 Å². The summed E-state index contributed by atoms with van der Waals surface area (Å²) in [6.45, 7) is 7.07. The first-order chi connectivity index (χ1) is 9.54. The molecule has 2 aliphatic heterocycles. The van der Waals surface area contributed by atoms with Crippen molar-refractivity contribution in [3.8, 4) is 0 Å². The molecule has 3 rings (SSSR count). The number of carbonyl (C=O) groups excluding carboxylic acids is 1. The Kier molecular flexibility index (Phi) is 3.08. The molecule has 0 N–H and O–H groups in total. The van der Waals surface area contributed by atoms with Crippen LogP contribution in [0.1, 0.15) is 39.2 Å². The van der Waals surface area contributed by atoms with Gasteiger partial charge in [-0.05, 0) is 19.8 Å². The van der Waals surface area contributed by atoms with Gasteiger partial charge in [0.2, 0.25) is 0 Å². The van der Waals surface area contributed by atoms with Gasteiger partial charge in [0, 0.05) is 18.0 Å². The van der Waals surface area contributed by atoms with Crippen LogP contribution in [-0.2, 0) is 9.53 Å². The monoisotopic (exact) mass is 271 g/mol. The Morgan fingerprint density at radius 1 is 1.25 bits per heavy atom. The van der Waals surface area contributed by atoms with E-state index in [4.69, 9.17) is 4.74 Å². The lowest BCUT2D eigenvalue weighted by Crippen LogP contribution is -2.51. The fourth-order valence-electron chi connectivity index (χ4n) is 3.21. The van der Waals surface area contributed by atoms with Crippen LogP contribution in [0.25, 0.3) is 5.70 Å². The first-order valence-electron chi connectivity index (χ1n) is 7.33. The van der Waals surface area contributed by atoms with Crippen LogP contribution < -0.4 is 0 Å². The Hall–Kier alpha value is -1.77. The number of nitrogens with zero attached hydrogens (tertiary/aromatic N) is 1. The molecule has 1 fully saturated rings. The molecule has 0 radical (unpaired) electrons. The third kappa shape index (κ3) is 1.84. The van der Waals surface area contributed by atoms with Crippen molar-refractivity contribution < 1.29 is 9.53 Å². The van der Waals surface area contributed by atoms with Gasteiger partial charge in [-0.3, -0.25) is 0 Å². The van der Waals surface area contributed by atoms with Crippen molar-refractivity contribution in [1.29, 1.82) is 0 Å². The Bertz CT molecular complexity index is 562. The molecule has 2 aliphatic rings. The number of cyclic esters (lactones) is 1. The van der Waals surface area contributed by atoms with E-state index in [1.165, 1.54) is 0 Å². The number of esters is 1. The number of benzene rings is 1. The van der Waals surface area contributed by atoms with Gasteiger partial charge in [-0.15, -0.1) is 0 Å². The Labute approximate surface area is 120 Å². The lowest BCUT2D eigenvalue weighted by atomic mass is 9.93. The minimum atomic E-state index is -0.496. The summed E-state index contributed by atoms with van der Waals surface area (Å²) in [7, 11) is 0. The van der Waals surface area contributed by atoms with Crippen molar-refractivity contribution in [3.05, 3.63) is 41.7 Å².